The first-order chi connectivity index (χ1) is 10.1. The number of hydrogen-bond donors (Lipinski definition) is 1. The van der Waals surface area contributed by atoms with Crippen LogP contribution in [0.3, 0.4) is 0 Å². The second-order valence-corrected chi connectivity index (χ2v) is 5.25. The van der Waals surface area contributed by atoms with Gasteiger partial charge in [-0.25, -0.2) is 0 Å². The van der Waals surface area contributed by atoms with Crippen LogP contribution in [0.25, 0.3) is 0 Å². The fraction of sp³-hybridized carbons (Fsp3) is 0.200. The molecule has 2 aromatic rings. The summed E-state index contributed by atoms with van der Waals surface area (Å²) in [5, 5.41) is 14.0. The molecule has 0 heterocycles. The first-order valence-electron chi connectivity index (χ1n) is 6.51. The van der Waals surface area contributed by atoms with Crippen LogP contribution in [-0.4, -0.2) is 11.5 Å². The van der Waals surface area contributed by atoms with Gasteiger partial charge >= 0.3 is 0 Å². The van der Waals surface area contributed by atoms with E-state index in [1.165, 1.54) is 12.1 Å². The van der Waals surface area contributed by atoms with E-state index in [0.717, 1.165) is 18.7 Å². The molecule has 0 saturated heterocycles. The van der Waals surface area contributed by atoms with Crippen molar-refractivity contribution in [3.05, 3.63) is 62.6 Å². The highest BCUT2D eigenvalue weighted by Crippen LogP contribution is 2.33. The number of non-ortho nitro benzene ring substituents is 1. The Hall–Kier alpha value is -1.92. The van der Waals surface area contributed by atoms with Crippen LogP contribution >= 0.6 is 15.9 Å². The van der Waals surface area contributed by atoms with Crippen LogP contribution in [0.1, 0.15) is 12.5 Å². The molecule has 0 atom stereocenters. The molecule has 6 heteroatoms. The second kappa shape index (κ2) is 7.19. The first-order valence-corrected chi connectivity index (χ1v) is 7.31. The highest BCUT2D eigenvalue weighted by molar-refractivity contribution is 9.10. The lowest BCUT2D eigenvalue weighted by atomic mass is 10.2. The van der Waals surface area contributed by atoms with Crippen molar-refractivity contribution in [2.75, 3.05) is 6.54 Å². The van der Waals surface area contributed by atoms with Gasteiger partial charge in [-0.1, -0.05) is 19.1 Å². The van der Waals surface area contributed by atoms with Crippen molar-refractivity contribution in [2.45, 2.75) is 13.5 Å². The largest absolute Gasteiger partial charge is 0.456 e. The van der Waals surface area contributed by atoms with Crippen LogP contribution < -0.4 is 10.1 Å². The van der Waals surface area contributed by atoms with Gasteiger partial charge in [-0.15, -0.1) is 0 Å². The van der Waals surface area contributed by atoms with E-state index in [-0.39, 0.29) is 5.69 Å². The van der Waals surface area contributed by atoms with Crippen LogP contribution in [0.4, 0.5) is 5.69 Å². The number of nitro groups is 1. The molecule has 0 radical (unpaired) electrons. The summed E-state index contributed by atoms with van der Waals surface area (Å²) in [5.41, 5.74) is 1.15. The quantitative estimate of drug-likeness (QED) is 0.624. The number of rotatable bonds is 6. The summed E-state index contributed by atoms with van der Waals surface area (Å²) in [6.07, 6.45) is 0. The Labute approximate surface area is 131 Å². The molecule has 5 nitrogen and oxygen atoms in total. The van der Waals surface area contributed by atoms with Gasteiger partial charge in [0.2, 0.25) is 0 Å². The summed E-state index contributed by atoms with van der Waals surface area (Å²) in [5.74, 6) is 1.06. The molecule has 0 aromatic heterocycles. The number of nitro benzene ring substituents is 1. The zero-order chi connectivity index (χ0) is 15.2. The Kier molecular flexibility index (Phi) is 5.30. The van der Waals surface area contributed by atoms with Crippen LogP contribution in [0.2, 0.25) is 0 Å². The number of benzene rings is 2. The Morgan fingerprint density at radius 1 is 1.24 bits per heavy atom. The Balaban J connectivity index is 2.14. The number of hydrogen-bond acceptors (Lipinski definition) is 4. The van der Waals surface area contributed by atoms with E-state index in [1.54, 1.807) is 6.07 Å². The van der Waals surface area contributed by atoms with Gasteiger partial charge in [0.05, 0.1) is 15.5 Å². The van der Waals surface area contributed by atoms with E-state index in [9.17, 15) is 10.1 Å². The molecule has 0 unspecified atom stereocenters. The van der Waals surface area contributed by atoms with Crippen LogP contribution in [0.15, 0.2) is 46.9 Å². The zero-order valence-corrected chi connectivity index (χ0v) is 13.1. The normalized spacial score (nSPS) is 10.4. The van der Waals surface area contributed by atoms with Gasteiger partial charge in [-0.3, -0.25) is 10.1 Å². The average Bonchev–Trinajstić information content (AvgIpc) is 2.48. The highest BCUT2D eigenvalue weighted by Gasteiger charge is 2.11. The summed E-state index contributed by atoms with van der Waals surface area (Å²) < 4.78 is 6.36. The summed E-state index contributed by atoms with van der Waals surface area (Å²) in [7, 11) is 0. The lowest BCUT2D eigenvalue weighted by molar-refractivity contribution is -0.384. The van der Waals surface area contributed by atoms with E-state index in [4.69, 9.17) is 4.74 Å². The van der Waals surface area contributed by atoms with Crippen molar-refractivity contribution in [1.29, 1.82) is 0 Å². The smallest absolute Gasteiger partial charge is 0.273 e. The van der Waals surface area contributed by atoms with Crippen LogP contribution in [0, 0.1) is 10.1 Å². The number of nitrogens with one attached hydrogen (secondary N) is 1. The second-order valence-electron chi connectivity index (χ2n) is 4.40. The predicted molar refractivity (Wildman–Crippen MR) is 84.7 cm³/mol. The van der Waals surface area contributed by atoms with E-state index in [1.807, 2.05) is 24.3 Å². The average molecular weight is 351 g/mol. The molecular weight excluding hydrogens is 336 g/mol. The number of ether oxygens (including phenoxy) is 1. The molecule has 0 aliphatic carbocycles. The summed E-state index contributed by atoms with van der Waals surface area (Å²) >= 11 is 3.33. The molecule has 0 saturated carbocycles. The lowest BCUT2D eigenvalue weighted by Crippen LogP contribution is -2.11. The molecule has 0 spiro atoms. The lowest BCUT2D eigenvalue weighted by Gasteiger charge is -2.08. The first kappa shape index (κ1) is 15.5. The fourth-order valence-corrected chi connectivity index (χ4v) is 2.08. The Morgan fingerprint density at radius 2 is 1.95 bits per heavy atom. The maximum absolute atomic E-state index is 10.8. The number of nitrogens with zero attached hydrogens (tertiary/aromatic N) is 1. The molecule has 0 amide bonds. The highest BCUT2D eigenvalue weighted by atomic mass is 79.9. The monoisotopic (exact) mass is 350 g/mol. The summed E-state index contributed by atoms with van der Waals surface area (Å²) in [4.78, 5) is 10.3. The van der Waals surface area contributed by atoms with Crippen molar-refractivity contribution >= 4 is 21.6 Å². The maximum atomic E-state index is 10.8. The van der Waals surface area contributed by atoms with E-state index in [2.05, 4.69) is 28.2 Å². The van der Waals surface area contributed by atoms with Gasteiger partial charge in [0.25, 0.3) is 5.69 Å². The van der Waals surface area contributed by atoms with Crippen LogP contribution in [-0.2, 0) is 6.54 Å². The Bertz CT molecular complexity index is 629. The van der Waals surface area contributed by atoms with Gasteiger partial charge < -0.3 is 10.1 Å². The minimum Gasteiger partial charge on any atom is -0.456 e. The standard InChI is InChI=1S/C15H15BrN2O3/c1-2-17-10-11-3-6-13(7-4-11)21-15-9-12(18(19)20)5-8-14(15)16/h3-9,17H,2,10H2,1H3. The van der Waals surface area contributed by atoms with Crippen molar-refractivity contribution in [2.24, 2.45) is 0 Å². The molecular formula is C15H15BrN2O3. The molecule has 0 fully saturated rings. The molecule has 2 rings (SSSR count). The molecule has 0 aliphatic rings. The molecule has 2 aromatic carbocycles. The van der Waals surface area contributed by atoms with Gasteiger partial charge in [-0.2, -0.15) is 0 Å². The van der Waals surface area contributed by atoms with E-state index < -0.39 is 4.92 Å². The molecule has 110 valence electrons. The molecule has 0 aliphatic heterocycles. The van der Waals surface area contributed by atoms with Crippen molar-refractivity contribution in [3.8, 4) is 11.5 Å². The summed E-state index contributed by atoms with van der Waals surface area (Å²) in [6, 6.07) is 12.0. The SMILES string of the molecule is CCNCc1ccc(Oc2cc([N+](=O)[O-])ccc2Br)cc1. The molecule has 1 N–H and O–H groups in total. The fourth-order valence-electron chi connectivity index (χ4n) is 1.76. The maximum Gasteiger partial charge on any atom is 0.273 e. The van der Waals surface area contributed by atoms with Crippen LogP contribution in [0.5, 0.6) is 11.5 Å². The number of halogens is 1. The van der Waals surface area contributed by atoms with Gasteiger partial charge in [0, 0.05) is 12.6 Å². The third kappa shape index (κ3) is 4.27. The zero-order valence-electron chi connectivity index (χ0n) is 11.5. The van der Waals surface area contributed by atoms with Gasteiger partial charge in [0.15, 0.2) is 0 Å². The third-order valence-electron chi connectivity index (χ3n) is 2.86. The molecule has 0 bridgehead atoms. The summed E-state index contributed by atoms with van der Waals surface area (Å²) in [6.45, 7) is 3.77. The van der Waals surface area contributed by atoms with Gasteiger partial charge in [-0.05, 0) is 46.2 Å². The minimum atomic E-state index is -0.446. The Morgan fingerprint density at radius 3 is 2.57 bits per heavy atom. The molecule has 21 heavy (non-hydrogen) atoms. The van der Waals surface area contributed by atoms with Crippen molar-refractivity contribution in [3.63, 3.8) is 0 Å². The van der Waals surface area contributed by atoms with E-state index >= 15 is 0 Å². The van der Waals surface area contributed by atoms with Gasteiger partial charge in [0.1, 0.15) is 11.5 Å². The third-order valence-corrected chi connectivity index (χ3v) is 3.51. The van der Waals surface area contributed by atoms with Crippen molar-refractivity contribution < 1.29 is 9.66 Å². The topological polar surface area (TPSA) is 64.4 Å². The predicted octanol–water partition coefficient (Wildman–Crippen LogP) is 4.26. The minimum absolute atomic E-state index is 0.00281. The van der Waals surface area contributed by atoms with Crippen molar-refractivity contribution in [1.82, 2.24) is 5.32 Å². The van der Waals surface area contributed by atoms with E-state index in [0.29, 0.717) is 16.0 Å².